The predicted molar refractivity (Wildman–Crippen MR) is 97.3 cm³/mol. The maximum atomic E-state index is 12.0. The molecule has 0 spiro atoms. The fraction of sp³-hybridized carbons (Fsp3) is 0.444. The molecule has 2 aromatic rings. The molecule has 0 bridgehead atoms. The van der Waals surface area contributed by atoms with E-state index < -0.39 is 6.09 Å². The number of ether oxygens (including phenoxy) is 3. The predicted octanol–water partition coefficient (Wildman–Crippen LogP) is 2.13. The molecule has 1 aliphatic heterocycles. The second-order valence-electron chi connectivity index (χ2n) is 6.20. The van der Waals surface area contributed by atoms with Crippen LogP contribution >= 0.6 is 0 Å². The summed E-state index contributed by atoms with van der Waals surface area (Å²) in [7, 11) is 1.63. The topological polar surface area (TPSA) is 113 Å². The molecule has 9 heteroatoms. The summed E-state index contributed by atoms with van der Waals surface area (Å²) in [5.41, 5.74) is 9.80. The van der Waals surface area contributed by atoms with Gasteiger partial charge in [0, 0.05) is 17.3 Å². The first kappa shape index (κ1) is 18.7. The summed E-state index contributed by atoms with van der Waals surface area (Å²) in [4.78, 5) is 26.4. The Kier molecular flexibility index (Phi) is 5.29. The van der Waals surface area contributed by atoms with Crippen LogP contribution < -0.4 is 15.2 Å². The summed E-state index contributed by atoms with van der Waals surface area (Å²) in [6.07, 6.45) is 1.34. The number of aromatic nitrogens is 3. The van der Waals surface area contributed by atoms with Gasteiger partial charge in [-0.15, -0.1) is 0 Å². The van der Waals surface area contributed by atoms with E-state index in [1.165, 1.54) is 4.90 Å². The van der Waals surface area contributed by atoms with Gasteiger partial charge < -0.3 is 19.9 Å². The van der Waals surface area contributed by atoms with Crippen LogP contribution in [-0.4, -0.2) is 39.7 Å². The molecule has 1 amide bonds. The van der Waals surface area contributed by atoms with Crippen molar-refractivity contribution in [3.05, 3.63) is 34.3 Å². The Morgan fingerprint density at radius 2 is 2.07 bits per heavy atom. The van der Waals surface area contributed by atoms with Crippen molar-refractivity contribution in [3.63, 3.8) is 0 Å². The van der Waals surface area contributed by atoms with Crippen molar-refractivity contribution in [2.24, 2.45) is 0 Å². The molecule has 2 N–H and O–H groups in total. The van der Waals surface area contributed by atoms with Crippen LogP contribution in [0, 0.1) is 13.8 Å². The van der Waals surface area contributed by atoms with Gasteiger partial charge in [0.05, 0.1) is 43.8 Å². The number of hydrogen-bond donors (Lipinski definition) is 1. The molecule has 0 atom stereocenters. The fourth-order valence-electron chi connectivity index (χ4n) is 3.06. The van der Waals surface area contributed by atoms with E-state index in [9.17, 15) is 4.79 Å². The number of pyridine rings is 1. The number of amides is 1. The SMILES string of the molecule is CCOC(=O)N1Cc2nc(N)nc(OCc3ncc(C)c(OC)c3C)c2C1. The minimum Gasteiger partial charge on any atom is -0.496 e. The number of nitrogens with two attached hydrogens (primary N) is 1. The van der Waals surface area contributed by atoms with Crippen LogP contribution in [0.1, 0.15) is 35.0 Å². The molecule has 3 rings (SSSR count). The van der Waals surface area contributed by atoms with Crippen LogP contribution in [0.2, 0.25) is 0 Å². The lowest BCUT2D eigenvalue weighted by Gasteiger charge is -2.15. The summed E-state index contributed by atoms with van der Waals surface area (Å²) in [5, 5.41) is 0. The number of aryl methyl sites for hydroxylation is 1. The van der Waals surface area contributed by atoms with Crippen LogP contribution in [-0.2, 0) is 24.4 Å². The molecule has 0 radical (unpaired) electrons. The van der Waals surface area contributed by atoms with Crippen LogP contribution in [0.25, 0.3) is 0 Å². The lowest BCUT2D eigenvalue weighted by Crippen LogP contribution is -2.26. The Morgan fingerprint density at radius 1 is 1.30 bits per heavy atom. The number of carbonyl (C=O) groups excluding carboxylic acids is 1. The molecule has 0 unspecified atom stereocenters. The number of fused-ring (bicyclic) bond motifs is 1. The molecular weight excluding hydrogens is 350 g/mol. The Bertz CT molecular complexity index is 871. The highest BCUT2D eigenvalue weighted by atomic mass is 16.6. The van der Waals surface area contributed by atoms with Crippen molar-refractivity contribution >= 4 is 12.0 Å². The number of hydrogen-bond acceptors (Lipinski definition) is 8. The van der Waals surface area contributed by atoms with Crippen molar-refractivity contribution in [2.75, 3.05) is 19.5 Å². The van der Waals surface area contributed by atoms with E-state index in [1.807, 2.05) is 13.8 Å². The highest BCUT2D eigenvalue weighted by Gasteiger charge is 2.30. The van der Waals surface area contributed by atoms with Crippen molar-refractivity contribution in [1.29, 1.82) is 0 Å². The lowest BCUT2D eigenvalue weighted by molar-refractivity contribution is 0.106. The lowest BCUT2D eigenvalue weighted by atomic mass is 10.1. The van der Waals surface area contributed by atoms with Crippen molar-refractivity contribution in [2.45, 2.75) is 40.5 Å². The van der Waals surface area contributed by atoms with Crippen LogP contribution in [0.3, 0.4) is 0 Å². The number of methoxy groups -OCH3 is 1. The Hall–Kier alpha value is -3.10. The molecule has 9 nitrogen and oxygen atoms in total. The Labute approximate surface area is 157 Å². The first-order valence-electron chi connectivity index (χ1n) is 8.63. The zero-order chi connectivity index (χ0) is 19.6. The second-order valence-corrected chi connectivity index (χ2v) is 6.20. The maximum absolute atomic E-state index is 12.0. The minimum absolute atomic E-state index is 0.0978. The summed E-state index contributed by atoms with van der Waals surface area (Å²) < 4.78 is 16.4. The van der Waals surface area contributed by atoms with Gasteiger partial charge in [-0.1, -0.05) is 0 Å². The van der Waals surface area contributed by atoms with Gasteiger partial charge in [-0.3, -0.25) is 9.88 Å². The number of nitrogens with zero attached hydrogens (tertiary/aromatic N) is 4. The van der Waals surface area contributed by atoms with Gasteiger partial charge in [0.1, 0.15) is 12.4 Å². The molecular formula is C18H23N5O4. The molecule has 0 fully saturated rings. The number of carbonyl (C=O) groups is 1. The molecule has 0 saturated carbocycles. The summed E-state index contributed by atoms with van der Waals surface area (Å²) in [6, 6.07) is 0. The maximum Gasteiger partial charge on any atom is 0.410 e. The molecule has 27 heavy (non-hydrogen) atoms. The van der Waals surface area contributed by atoms with Gasteiger partial charge in [-0.05, 0) is 20.8 Å². The van der Waals surface area contributed by atoms with E-state index in [0.29, 0.717) is 31.3 Å². The van der Waals surface area contributed by atoms with Crippen molar-refractivity contribution in [1.82, 2.24) is 19.9 Å². The Balaban J connectivity index is 1.81. The van der Waals surface area contributed by atoms with E-state index in [2.05, 4.69) is 15.0 Å². The highest BCUT2D eigenvalue weighted by Crippen LogP contribution is 2.31. The Morgan fingerprint density at radius 3 is 2.78 bits per heavy atom. The van der Waals surface area contributed by atoms with E-state index in [1.54, 1.807) is 20.2 Å². The average molecular weight is 373 g/mol. The molecule has 0 saturated heterocycles. The molecule has 0 aliphatic carbocycles. The van der Waals surface area contributed by atoms with Crippen molar-refractivity contribution < 1.29 is 19.0 Å². The smallest absolute Gasteiger partial charge is 0.410 e. The monoisotopic (exact) mass is 373 g/mol. The zero-order valence-corrected chi connectivity index (χ0v) is 15.9. The second kappa shape index (κ2) is 7.65. The summed E-state index contributed by atoms with van der Waals surface area (Å²) >= 11 is 0. The van der Waals surface area contributed by atoms with Gasteiger partial charge in [0.25, 0.3) is 0 Å². The first-order chi connectivity index (χ1) is 12.9. The quantitative estimate of drug-likeness (QED) is 0.848. The molecule has 2 aromatic heterocycles. The third kappa shape index (κ3) is 3.71. The molecule has 1 aliphatic rings. The van der Waals surface area contributed by atoms with Crippen LogP contribution in [0.4, 0.5) is 10.7 Å². The number of rotatable bonds is 5. The van der Waals surface area contributed by atoms with E-state index in [0.717, 1.165) is 28.1 Å². The largest absolute Gasteiger partial charge is 0.496 e. The third-order valence-corrected chi connectivity index (χ3v) is 4.38. The van der Waals surface area contributed by atoms with Crippen LogP contribution in [0.5, 0.6) is 11.6 Å². The summed E-state index contributed by atoms with van der Waals surface area (Å²) in [6.45, 7) is 6.76. The number of nitrogen functional groups attached to an aromatic ring is 1. The van der Waals surface area contributed by atoms with Gasteiger partial charge in [0.2, 0.25) is 11.8 Å². The number of anilines is 1. The van der Waals surface area contributed by atoms with Crippen LogP contribution in [0.15, 0.2) is 6.20 Å². The van der Waals surface area contributed by atoms with E-state index in [-0.39, 0.29) is 12.6 Å². The minimum atomic E-state index is -0.402. The van der Waals surface area contributed by atoms with Crippen molar-refractivity contribution in [3.8, 4) is 11.6 Å². The normalized spacial score (nSPS) is 12.7. The van der Waals surface area contributed by atoms with Gasteiger partial charge in [-0.2, -0.15) is 4.98 Å². The molecule has 144 valence electrons. The highest BCUT2D eigenvalue weighted by molar-refractivity contribution is 5.69. The standard InChI is InChI=1S/C18H23N5O4/c1-5-26-18(24)23-7-12-13(8-23)21-17(19)22-16(12)27-9-14-11(3)15(25-4)10(2)6-20-14/h6H,5,7-9H2,1-4H3,(H2,19,21,22). The zero-order valence-electron chi connectivity index (χ0n) is 15.9. The van der Waals surface area contributed by atoms with Gasteiger partial charge in [-0.25, -0.2) is 9.78 Å². The average Bonchev–Trinajstić information content (AvgIpc) is 3.05. The first-order valence-corrected chi connectivity index (χ1v) is 8.63. The molecule has 3 heterocycles. The van der Waals surface area contributed by atoms with E-state index >= 15 is 0 Å². The summed E-state index contributed by atoms with van der Waals surface area (Å²) in [5.74, 6) is 1.23. The fourth-order valence-corrected chi connectivity index (χ4v) is 3.06. The van der Waals surface area contributed by atoms with E-state index in [4.69, 9.17) is 19.9 Å². The molecule has 0 aromatic carbocycles. The van der Waals surface area contributed by atoms with Gasteiger partial charge >= 0.3 is 6.09 Å². The third-order valence-electron chi connectivity index (χ3n) is 4.38. The van der Waals surface area contributed by atoms with Gasteiger partial charge in [0.15, 0.2) is 0 Å².